The second kappa shape index (κ2) is 19.4. The zero-order chi connectivity index (χ0) is 38.7. The highest BCUT2D eigenvalue weighted by molar-refractivity contribution is 6.35. The smallest absolute Gasteiger partial charge is 0.324 e. The molecule has 4 unspecified atom stereocenters. The highest BCUT2D eigenvalue weighted by Crippen LogP contribution is 2.32. The standard InChI is InChI=1S/C10H15N.2C9H9F4N.C8H9Cl2N/c1-7-4-5-10(9(3)11)8(2)6-7;1-5(14)7-4-6(9(11,12)13)2-3-8(7)10;1-5(14)7-3-2-6(4-8(7)10)9(11,12)13;1-5(11)7-3-2-6(9)4-8(7)10/h4-6,9H,11H2,1-3H3;2*2-5H,14H2,1H3;2-5H,11H2,1H3. The van der Waals surface area contributed by atoms with Gasteiger partial charge in [-0.05, 0) is 101 Å². The minimum atomic E-state index is -4.52. The largest absolute Gasteiger partial charge is 0.416 e. The lowest BCUT2D eigenvalue weighted by Gasteiger charge is -2.11. The van der Waals surface area contributed by atoms with Gasteiger partial charge in [-0.2, -0.15) is 26.3 Å². The first-order chi connectivity index (χ1) is 22.9. The fourth-order valence-electron chi connectivity index (χ4n) is 4.35. The predicted molar refractivity (Wildman–Crippen MR) is 186 cm³/mol. The van der Waals surface area contributed by atoms with Crippen molar-refractivity contribution in [2.24, 2.45) is 22.9 Å². The van der Waals surface area contributed by atoms with E-state index in [-0.39, 0.29) is 23.2 Å². The summed E-state index contributed by atoms with van der Waals surface area (Å²) < 4.78 is 98.9. The maximum atomic E-state index is 13.1. The van der Waals surface area contributed by atoms with Crippen molar-refractivity contribution in [1.82, 2.24) is 0 Å². The molecule has 0 aliphatic carbocycles. The molecule has 0 saturated carbocycles. The molecule has 50 heavy (non-hydrogen) atoms. The number of nitrogens with two attached hydrogens (primary N) is 4. The Morgan fingerprint density at radius 2 is 0.940 bits per heavy atom. The molecule has 0 amide bonds. The molecule has 0 aliphatic heterocycles. The zero-order valence-corrected chi connectivity index (χ0v) is 29.8. The van der Waals surface area contributed by atoms with Gasteiger partial charge in [0.2, 0.25) is 0 Å². The Kier molecular flexibility index (Phi) is 17.3. The number of hydrogen-bond acceptors (Lipinski definition) is 4. The number of hydrogen-bond donors (Lipinski definition) is 4. The van der Waals surface area contributed by atoms with Gasteiger partial charge >= 0.3 is 12.4 Å². The number of halogens is 10. The second-order valence-electron chi connectivity index (χ2n) is 11.6. The molecular formula is C36H42Cl2F8N4. The highest BCUT2D eigenvalue weighted by atomic mass is 35.5. The topological polar surface area (TPSA) is 104 Å². The van der Waals surface area contributed by atoms with E-state index >= 15 is 0 Å². The lowest BCUT2D eigenvalue weighted by Crippen LogP contribution is -2.11. The summed E-state index contributed by atoms with van der Waals surface area (Å²) in [5.74, 6) is -1.64. The molecule has 4 rings (SSSR count). The Labute approximate surface area is 297 Å². The van der Waals surface area contributed by atoms with Crippen LogP contribution in [0.1, 0.15) is 96.4 Å². The van der Waals surface area contributed by atoms with E-state index in [2.05, 4.69) is 32.0 Å². The van der Waals surface area contributed by atoms with Gasteiger partial charge in [0.05, 0.1) is 11.1 Å². The highest BCUT2D eigenvalue weighted by Gasteiger charge is 2.32. The Bertz CT molecular complexity index is 1620. The van der Waals surface area contributed by atoms with Gasteiger partial charge in [-0.3, -0.25) is 0 Å². The van der Waals surface area contributed by atoms with Crippen LogP contribution in [0.3, 0.4) is 0 Å². The molecule has 0 aliphatic rings. The van der Waals surface area contributed by atoms with Crippen LogP contribution in [0, 0.1) is 25.5 Å². The number of benzene rings is 4. The molecule has 0 heterocycles. The van der Waals surface area contributed by atoms with Crippen molar-refractivity contribution in [3.8, 4) is 0 Å². The Morgan fingerprint density at radius 1 is 0.500 bits per heavy atom. The third-order valence-corrected chi connectivity index (χ3v) is 7.56. The molecule has 276 valence electrons. The van der Waals surface area contributed by atoms with Crippen molar-refractivity contribution in [3.05, 3.63) is 139 Å². The first-order valence-electron chi connectivity index (χ1n) is 15.1. The van der Waals surface area contributed by atoms with Gasteiger partial charge in [-0.25, -0.2) is 8.78 Å². The minimum Gasteiger partial charge on any atom is -0.324 e. The first kappa shape index (κ1) is 44.8. The second-order valence-corrected chi connectivity index (χ2v) is 12.5. The lowest BCUT2D eigenvalue weighted by molar-refractivity contribution is -0.138. The fourth-order valence-corrected chi connectivity index (χ4v) is 4.93. The van der Waals surface area contributed by atoms with Crippen LogP contribution in [-0.2, 0) is 12.4 Å². The van der Waals surface area contributed by atoms with Crippen LogP contribution in [0.25, 0.3) is 0 Å². The Hall–Kier alpha value is -3.26. The molecule has 4 nitrogen and oxygen atoms in total. The van der Waals surface area contributed by atoms with Crippen molar-refractivity contribution >= 4 is 23.2 Å². The van der Waals surface area contributed by atoms with Crippen molar-refractivity contribution in [3.63, 3.8) is 0 Å². The van der Waals surface area contributed by atoms with E-state index in [0.29, 0.717) is 22.2 Å². The van der Waals surface area contributed by atoms with Crippen LogP contribution in [0.15, 0.2) is 72.8 Å². The fraction of sp³-hybridized carbons (Fsp3) is 0.333. The van der Waals surface area contributed by atoms with Crippen LogP contribution >= 0.6 is 23.2 Å². The Morgan fingerprint density at radius 3 is 1.36 bits per heavy atom. The van der Waals surface area contributed by atoms with E-state index in [9.17, 15) is 35.1 Å². The van der Waals surface area contributed by atoms with Gasteiger partial charge in [0, 0.05) is 45.3 Å². The SMILES string of the molecule is CC(N)c1cc(C(F)(F)F)ccc1F.CC(N)c1ccc(C(F)(F)F)cc1F.CC(N)c1ccc(Cl)cc1Cl.Cc1ccc(C(C)N)c(C)c1. The van der Waals surface area contributed by atoms with E-state index in [1.807, 2.05) is 19.9 Å². The summed E-state index contributed by atoms with van der Waals surface area (Å²) in [5, 5.41) is 1.27. The van der Waals surface area contributed by atoms with E-state index < -0.39 is 47.2 Å². The Balaban J connectivity index is 0.000000335. The number of alkyl halides is 6. The van der Waals surface area contributed by atoms with E-state index in [4.69, 9.17) is 46.1 Å². The molecule has 0 saturated heterocycles. The molecule has 0 fully saturated rings. The molecule has 4 aromatic rings. The molecular weight excluding hydrogens is 711 g/mol. The average molecular weight is 754 g/mol. The molecule has 4 aromatic carbocycles. The van der Waals surface area contributed by atoms with Crippen molar-refractivity contribution < 1.29 is 35.1 Å². The quantitative estimate of drug-likeness (QED) is 0.156. The molecule has 0 spiro atoms. The molecule has 4 atom stereocenters. The third kappa shape index (κ3) is 14.5. The van der Waals surface area contributed by atoms with Gasteiger partial charge in [0.25, 0.3) is 0 Å². The predicted octanol–water partition coefficient (Wildman–Crippen LogP) is 11.1. The molecule has 0 bridgehead atoms. The van der Waals surface area contributed by atoms with Crippen LogP contribution in [0.2, 0.25) is 10.0 Å². The molecule has 8 N–H and O–H groups in total. The van der Waals surface area contributed by atoms with Gasteiger partial charge in [-0.15, -0.1) is 0 Å². The van der Waals surface area contributed by atoms with Gasteiger partial charge in [0.15, 0.2) is 0 Å². The van der Waals surface area contributed by atoms with Gasteiger partial charge in [0.1, 0.15) is 11.6 Å². The van der Waals surface area contributed by atoms with E-state index in [0.717, 1.165) is 29.8 Å². The van der Waals surface area contributed by atoms with Crippen molar-refractivity contribution in [2.75, 3.05) is 0 Å². The summed E-state index contributed by atoms with van der Waals surface area (Å²) in [7, 11) is 0. The number of rotatable bonds is 4. The van der Waals surface area contributed by atoms with Crippen LogP contribution in [0.5, 0.6) is 0 Å². The monoisotopic (exact) mass is 752 g/mol. The normalized spacial score (nSPS) is 13.7. The first-order valence-corrected chi connectivity index (χ1v) is 15.9. The zero-order valence-electron chi connectivity index (χ0n) is 28.3. The van der Waals surface area contributed by atoms with Gasteiger partial charge < -0.3 is 22.9 Å². The third-order valence-electron chi connectivity index (χ3n) is 7.00. The maximum Gasteiger partial charge on any atom is 0.416 e. The summed E-state index contributed by atoms with van der Waals surface area (Å²) in [6.45, 7) is 11.0. The average Bonchev–Trinajstić information content (AvgIpc) is 2.96. The van der Waals surface area contributed by atoms with E-state index in [1.165, 1.54) is 30.5 Å². The van der Waals surface area contributed by atoms with Crippen LogP contribution in [-0.4, -0.2) is 0 Å². The summed E-state index contributed by atoms with van der Waals surface area (Å²) in [6, 6.07) is 15.0. The van der Waals surface area contributed by atoms with Crippen molar-refractivity contribution in [2.45, 2.75) is 78.1 Å². The summed E-state index contributed by atoms with van der Waals surface area (Å²) in [5.41, 5.74) is 24.9. The van der Waals surface area contributed by atoms with Crippen molar-refractivity contribution in [1.29, 1.82) is 0 Å². The van der Waals surface area contributed by atoms with E-state index in [1.54, 1.807) is 12.1 Å². The molecule has 0 aromatic heterocycles. The number of aryl methyl sites for hydroxylation is 2. The summed E-state index contributed by atoms with van der Waals surface area (Å²) in [6.07, 6.45) is -8.98. The van der Waals surface area contributed by atoms with Crippen LogP contribution in [0.4, 0.5) is 35.1 Å². The molecule has 0 radical (unpaired) electrons. The molecule has 14 heteroatoms. The summed E-state index contributed by atoms with van der Waals surface area (Å²) in [4.78, 5) is 0. The maximum absolute atomic E-state index is 13.1. The minimum absolute atomic E-state index is 0.0419. The lowest BCUT2D eigenvalue weighted by atomic mass is 10.0. The van der Waals surface area contributed by atoms with Crippen LogP contribution < -0.4 is 22.9 Å². The van der Waals surface area contributed by atoms with Gasteiger partial charge in [-0.1, -0.05) is 59.1 Å². The summed E-state index contributed by atoms with van der Waals surface area (Å²) >= 11 is 11.6.